The van der Waals surface area contributed by atoms with Gasteiger partial charge in [-0.2, -0.15) is 0 Å². The van der Waals surface area contributed by atoms with Gasteiger partial charge in [0.05, 0.1) is 22.7 Å². The van der Waals surface area contributed by atoms with E-state index < -0.39 is 28.5 Å². The SMILES string of the molecule is CC[C@H](C)NC(=O)[C@H](Cc1ccccc1)N(Cc1ccc(Cl)cc1)C(=O)CN(c1ccc(OC)c(Cl)c1)S(=O)(=O)c1ccccc1. The molecule has 2 atom stereocenters. The predicted molar refractivity (Wildman–Crippen MR) is 183 cm³/mol. The highest BCUT2D eigenvalue weighted by molar-refractivity contribution is 7.92. The Morgan fingerprint density at radius 1 is 0.870 bits per heavy atom. The number of rotatable bonds is 14. The molecule has 0 saturated heterocycles. The van der Waals surface area contributed by atoms with Gasteiger partial charge in [0.2, 0.25) is 11.8 Å². The van der Waals surface area contributed by atoms with Crippen molar-refractivity contribution in [3.05, 3.63) is 124 Å². The largest absolute Gasteiger partial charge is 0.495 e. The predicted octanol–water partition coefficient (Wildman–Crippen LogP) is 6.75. The molecule has 46 heavy (non-hydrogen) atoms. The zero-order chi connectivity index (χ0) is 33.3. The van der Waals surface area contributed by atoms with Crippen LogP contribution in [0.2, 0.25) is 10.0 Å². The number of hydrogen-bond donors (Lipinski definition) is 1. The quantitative estimate of drug-likeness (QED) is 0.159. The fraction of sp³-hybridized carbons (Fsp3) is 0.257. The number of ether oxygens (including phenoxy) is 1. The average Bonchev–Trinajstić information content (AvgIpc) is 3.06. The van der Waals surface area contributed by atoms with E-state index in [1.807, 2.05) is 44.2 Å². The van der Waals surface area contributed by atoms with Gasteiger partial charge in [-0.1, -0.05) is 90.8 Å². The Bertz CT molecular complexity index is 1720. The van der Waals surface area contributed by atoms with E-state index >= 15 is 0 Å². The van der Waals surface area contributed by atoms with Crippen LogP contribution in [0.3, 0.4) is 0 Å². The molecule has 0 aliphatic heterocycles. The number of methoxy groups -OCH3 is 1. The number of amides is 2. The van der Waals surface area contributed by atoms with Crippen LogP contribution in [0.25, 0.3) is 0 Å². The summed E-state index contributed by atoms with van der Waals surface area (Å²) in [5, 5.41) is 3.72. The van der Waals surface area contributed by atoms with Gasteiger partial charge in [0.1, 0.15) is 18.3 Å². The van der Waals surface area contributed by atoms with Gasteiger partial charge in [0, 0.05) is 24.0 Å². The summed E-state index contributed by atoms with van der Waals surface area (Å²) in [7, 11) is -2.80. The second-order valence-electron chi connectivity index (χ2n) is 10.8. The molecule has 8 nitrogen and oxygen atoms in total. The fourth-order valence-corrected chi connectivity index (χ4v) is 6.65. The molecule has 0 radical (unpaired) electrons. The number of carbonyl (C=O) groups excluding carboxylic acids is 2. The van der Waals surface area contributed by atoms with E-state index in [9.17, 15) is 18.0 Å². The van der Waals surface area contributed by atoms with Gasteiger partial charge in [-0.05, 0) is 66.9 Å². The summed E-state index contributed by atoms with van der Waals surface area (Å²) in [4.78, 5) is 29.9. The lowest BCUT2D eigenvalue weighted by Crippen LogP contribution is -2.54. The molecular weight excluding hydrogens is 645 g/mol. The molecular formula is C35H37Cl2N3O5S. The zero-order valence-corrected chi connectivity index (χ0v) is 28.2. The molecule has 0 bridgehead atoms. The van der Waals surface area contributed by atoms with Crippen molar-refractivity contribution in [2.75, 3.05) is 18.0 Å². The first-order valence-corrected chi connectivity index (χ1v) is 17.0. The summed E-state index contributed by atoms with van der Waals surface area (Å²) < 4.78 is 34.5. The van der Waals surface area contributed by atoms with Crippen LogP contribution >= 0.6 is 23.2 Å². The van der Waals surface area contributed by atoms with Crippen LogP contribution in [-0.4, -0.2) is 50.9 Å². The maximum atomic E-state index is 14.5. The highest BCUT2D eigenvalue weighted by Gasteiger charge is 2.35. The lowest BCUT2D eigenvalue weighted by molar-refractivity contribution is -0.140. The number of hydrogen-bond acceptors (Lipinski definition) is 5. The Morgan fingerprint density at radius 2 is 1.50 bits per heavy atom. The molecule has 2 amide bonds. The van der Waals surface area contributed by atoms with E-state index in [1.165, 1.54) is 36.3 Å². The maximum absolute atomic E-state index is 14.5. The molecule has 0 aliphatic carbocycles. The summed E-state index contributed by atoms with van der Waals surface area (Å²) in [5.41, 5.74) is 1.73. The average molecular weight is 683 g/mol. The summed E-state index contributed by atoms with van der Waals surface area (Å²) in [6.45, 7) is 3.28. The van der Waals surface area contributed by atoms with Crippen LogP contribution in [-0.2, 0) is 32.6 Å². The number of benzene rings is 4. The topological polar surface area (TPSA) is 96.0 Å². The van der Waals surface area contributed by atoms with E-state index in [0.29, 0.717) is 17.2 Å². The van der Waals surface area contributed by atoms with Crippen LogP contribution in [0.5, 0.6) is 5.75 Å². The Labute approximate surface area is 280 Å². The molecule has 4 aromatic carbocycles. The minimum absolute atomic E-state index is 0.00524. The first-order valence-electron chi connectivity index (χ1n) is 14.8. The minimum atomic E-state index is -4.26. The number of halogens is 2. The molecule has 4 rings (SSSR count). The lowest BCUT2D eigenvalue weighted by Gasteiger charge is -2.34. The Morgan fingerprint density at radius 3 is 2.09 bits per heavy atom. The van der Waals surface area contributed by atoms with Gasteiger partial charge >= 0.3 is 0 Å². The monoisotopic (exact) mass is 681 g/mol. The van der Waals surface area contributed by atoms with Crippen molar-refractivity contribution in [1.29, 1.82) is 0 Å². The summed E-state index contributed by atoms with van der Waals surface area (Å²) in [6.07, 6.45) is 0.901. The van der Waals surface area contributed by atoms with Crippen molar-refractivity contribution in [1.82, 2.24) is 10.2 Å². The van der Waals surface area contributed by atoms with E-state index in [-0.39, 0.29) is 40.5 Å². The first kappa shape index (κ1) is 34.8. The molecule has 242 valence electrons. The van der Waals surface area contributed by atoms with Crippen molar-refractivity contribution in [2.24, 2.45) is 0 Å². The highest BCUT2D eigenvalue weighted by Crippen LogP contribution is 2.32. The van der Waals surface area contributed by atoms with Crippen LogP contribution in [0, 0.1) is 0 Å². The molecule has 0 fully saturated rings. The van der Waals surface area contributed by atoms with Gasteiger partial charge in [0.25, 0.3) is 10.0 Å². The Kier molecular flexibility index (Phi) is 12.1. The number of nitrogens with zero attached hydrogens (tertiary/aromatic N) is 2. The molecule has 0 heterocycles. The fourth-order valence-electron chi connectivity index (χ4n) is 4.84. The lowest BCUT2D eigenvalue weighted by atomic mass is 10.0. The van der Waals surface area contributed by atoms with Crippen molar-refractivity contribution >= 4 is 50.7 Å². The van der Waals surface area contributed by atoms with Crippen LogP contribution in [0.15, 0.2) is 108 Å². The summed E-state index contributed by atoms with van der Waals surface area (Å²) >= 11 is 12.6. The summed E-state index contributed by atoms with van der Waals surface area (Å²) in [5.74, 6) is -0.574. The maximum Gasteiger partial charge on any atom is 0.264 e. The van der Waals surface area contributed by atoms with Crippen molar-refractivity contribution in [3.63, 3.8) is 0 Å². The molecule has 0 aliphatic rings. The second kappa shape index (κ2) is 16.0. The van der Waals surface area contributed by atoms with Crippen molar-refractivity contribution in [3.8, 4) is 5.75 Å². The molecule has 0 aromatic heterocycles. The number of carbonyl (C=O) groups is 2. The van der Waals surface area contributed by atoms with E-state index in [2.05, 4.69) is 5.32 Å². The van der Waals surface area contributed by atoms with E-state index in [0.717, 1.165) is 15.4 Å². The molecule has 0 saturated carbocycles. The molecule has 0 spiro atoms. The second-order valence-corrected chi connectivity index (χ2v) is 13.5. The molecule has 0 unspecified atom stereocenters. The number of sulfonamides is 1. The van der Waals surface area contributed by atoms with Gasteiger partial charge in [-0.3, -0.25) is 13.9 Å². The van der Waals surface area contributed by atoms with Crippen LogP contribution in [0.1, 0.15) is 31.4 Å². The van der Waals surface area contributed by atoms with Gasteiger partial charge in [-0.15, -0.1) is 0 Å². The molecule has 4 aromatic rings. The minimum Gasteiger partial charge on any atom is -0.495 e. The van der Waals surface area contributed by atoms with E-state index in [1.54, 1.807) is 48.5 Å². The van der Waals surface area contributed by atoms with E-state index in [4.69, 9.17) is 27.9 Å². The molecule has 1 N–H and O–H groups in total. The number of nitrogens with one attached hydrogen (secondary N) is 1. The standard InChI is InChI=1S/C35H37Cl2N3O5S/c1-4-25(2)38-35(42)32(21-26-11-7-5-8-12-26)39(23-27-15-17-28(36)18-16-27)34(41)24-40(29-19-20-33(45-3)31(37)22-29)46(43,44)30-13-9-6-10-14-30/h5-20,22,25,32H,4,21,23-24H2,1-3H3,(H,38,42)/t25-,32-/m0/s1. The normalized spacial score (nSPS) is 12.5. The van der Waals surface area contributed by atoms with Gasteiger partial charge < -0.3 is 15.0 Å². The zero-order valence-electron chi connectivity index (χ0n) is 25.9. The van der Waals surface area contributed by atoms with Crippen LogP contribution in [0.4, 0.5) is 5.69 Å². The number of anilines is 1. The third-order valence-electron chi connectivity index (χ3n) is 7.57. The Hall–Kier alpha value is -4.05. The first-order chi connectivity index (χ1) is 22.0. The highest BCUT2D eigenvalue weighted by atomic mass is 35.5. The van der Waals surface area contributed by atoms with Crippen molar-refractivity contribution in [2.45, 2.75) is 50.2 Å². The van der Waals surface area contributed by atoms with Gasteiger partial charge in [0.15, 0.2) is 0 Å². The van der Waals surface area contributed by atoms with Gasteiger partial charge in [-0.25, -0.2) is 8.42 Å². The molecule has 11 heteroatoms. The van der Waals surface area contributed by atoms with Crippen molar-refractivity contribution < 1.29 is 22.7 Å². The smallest absolute Gasteiger partial charge is 0.264 e. The Balaban J connectivity index is 1.82. The van der Waals surface area contributed by atoms with Crippen LogP contribution < -0.4 is 14.4 Å². The summed E-state index contributed by atoms with van der Waals surface area (Å²) in [6, 6.07) is 27.6. The third kappa shape index (κ3) is 8.81. The third-order valence-corrected chi connectivity index (χ3v) is 9.91.